The number of nitrogen functional groups attached to an aromatic ring is 1. The van der Waals surface area contributed by atoms with E-state index in [1.165, 1.54) is 11.3 Å². The van der Waals surface area contributed by atoms with Gasteiger partial charge in [0, 0.05) is 11.3 Å². The summed E-state index contributed by atoms with van der Waals surface area (Å²) in [7, 11) is 0. The zero-order valence-corrected chi connectivity index (χ0v) is 13.9. The number of nitrogens with zero attached hydrogens (tertiary/aromatic N) is 1. The van der Waals surface area contributed by atoms with Crippen molar-refractivity contribution in [1.29, 1.82) is 5.26 Å². The summed E-state index contributed by atoms with van der Waals surface area (Å²) in [6.07, 6.45) is 0. The normalized spacial score (nSPS) is 10.2. The number of ketones is 1. The molecule has 0 aliphatic carbocycles. The van der Waals surface area contributed by atoms with Crippen molar-refractivity contribution >= 4 is 33.5 Å². The van der Waals surface area contributed by atoms with Crippen LogP contribution in [-0.4, -0.2) is 5.78 Å². The zero-order chi connectivity index (χ0) is 17.1. The molecule has 1 aromatic heterocycles. The van der Waals surface area contributed by atoms with Gasteiger partial charge in [-0.1, -0.05) is 48.5 Å². The SMILES string of the molecule is Cc1ccccc1Nc1sc(C(=O)c2ccccc2)c(N)c1C#N. The smallest absolute Gasteiger partial charge is 0.205 e. The van der Waals surface area contributed by atoms with Crippen LogP contribution in [-0.2, 0) is 0 Å². The molecule has 2 aromatic carbocycles. The quantitative estimate of drug-likeness (QED) is 0.690. The molecule has 0 aliphatic rings. The maximum absolute atomic E-state index is 12.7. The van der Waals surface area contributed by atoms with Crippen LogP contribution >= 0.6 is 11.3 Å². The van der Waals surface area contributed by atoms with Crippen LogP contribution in [0.5, 0.6) is 0 Å². The Bertz CT molecular complexity index is 939. The van der Waals surface area contributed by atoms with Crippen molar-refractivity contribution in [2.75, 3.05) is 11.1 Å². The predicted molar refractivity (Wildman–Crippen MR) is 97.8 cm³/mol. The van der Waals surface area contributed by atoms with Gasteiger partial charge in [-0.15, -0.1) is 11.3 Å². The fourth-order valence-electron chi connectivity index (χ4n) is 2.37. The van der Waals surface area contributed by atoms with E-state index in [1.807, 2.05) is 37.3 Å². The summed E-state index contributed by atoms with van der Waals surface area (Å²) in [4.78, 5) is 13.0. The average Bonchev–Trinajstić information content (AvgIpc) is 2.92. The molecule has 3 N–H and O–H groups in total. The first-order valence-corrected chi connectivity index (χ1v) is 8.18. The molecule has 118 valence electrons. The molecule has 0 radical (unpaired) electrons. The maximum Gasteiger partial charge on any atom is 0.205 e. The van der Waals surface area contributed by atoms with Crippen LogP contribution in [0.1, 0.15) is 26.4 Å². The molecular formula is C19H15N3OS. The minimum Gasteiger partial charge on any atom is -0.396 e. The van der Waals surface area contributed by atoms with E-state index in [2.05, 4.69) is 11.4 Å². The first-order chi connectivity index (χ1) is 11.6. The number of thiophene rings is 1. The van der Waals surface area contributed by atoms with E-state index in [0.717, 1.165) is 11.3 Å². The van der Waals surface area contributed by atoms with Gasteiger partial charge >= 0.3 is 0 Å². The second-order valence-electron chi connectivity index (χ2n) is 5.30. The molecule has 5 heteroatoms. The fraction of sp³-hybridized carbons (Fsp3) is 0.0526. The highest BCUT2D eigenvalue weighted by molar-refractivity contribution is 7.19. The van der Waals surface area contributed by atoms with Crippen molar-refractivity contribution in [1.82, 2.24) is 0 Å². The number of hydrogen-bond acceptors (Lipinski definition) is 5. The van der Waals surface area contributed by atoms with E-state index >= 15 is 0 Å². The number of rotatable bonds is 4. The van der Waals surface area contributed by atoms with Gasteiger partial charge in [0.1, 0.15) is 21.5 Å². The number of para-hydroxylation sites is 1. The Morgan fingerprint density at radius 1 is 1.12 bits per heavy atom. The molecule has 0 saturated carbocycles. The Morgan fingerprint density at radius 3 is 2.46 bits per heavy atom. The molecule has 0 saturated heterocycles. The number of nitrogens with one attached hydrogen (secondary N) is 1. The lowest BCUT2D eigenvalue weighted by Gasteiger charge is -2.07. The molecule has 24 heavy (non-hydrogen) atoms. The van der Waals surface area contributed by atoms with Gasteiger partial charge in [0.2, 0.25) is 5.78 Å². The Labute approximate surface area is 144 Å². The number of benzene rings is 2. The second-order valence-corrected chi connectivity index (χ2v) is 6.32. The number of hydrogen-bond donors (Lipinski definition) is 2. The van der Waals surface area contributed by atoms with Gasteiger partial charge in [0.15, 0.2) is 0 Å². The standard InChI is InChI=1S/C19H15N3OS/c1-12-7-5-6-10-15(12)22-19-14(11-20)16(21)18(24-19)17(23)13-8-3-2-4-9-13/h2-10,22H,21H2,1H3. The Balaban J connectivity index is 2.02. The number of aryl methyl sites for hydroxylation is 1. The minimum absolute atomic E-state index is 0.174. The van der Waals surface area contributed by atoms with Crippen LogP contribution < -0.4 is 11.1 Å². The van der Waals surface area contributed by atoms with E-state index in [4.69, 9.17) is 5.73 Å². The lowest BCUT2D eigenvalue weighted by Crippen LogP contribution is -2.02. The molecule has 0 unspecified atom stereocenters. The van der Waals surface area contributed by atoms with E-state index in [-0.39, 0.29) is 11.5 Å². The summed E-state index contributed by atoms with van der Waals surface area (Å²) in [6, 6.07) is 18.8. The lowest BCUT2D eigenvalue weighted by atomic mass is 10.1. The summed E-state index contributed by atoms with van der Waals surface area (Å²) < 4.78 is 0. The molecule has 0 aliphatic heterocycles. The van der Waals surface area contributed by atoms with Gasteiger partial charge in [-0.2, -0.15) is 5.26 Å². The topological polar surface area (TPSA) is 78.9 Å². The summed E-state index contributed by atoms with van der Waals surface area (Å²) in [6.45, 7) is 1.97. The van der Waals surface area contributed by atoms with Crippen LogP contribution in [0, 0.1) is 18.3 Å². The van der Waals surface area contributed by atoms with Gasteiger partial charge in [0.05, 0.1) is 5.69 Å². The Morgan fingerprint density at radius 2 is 1.79 bits per heavy atom. The summed E-state index contributed by atoms with van der Waals surface area (Å²) in [5.74, 6) is -0.174. The van der Waals surface area contributed by atoms with E-state index < -0.39 is 0 Å². The third kappa shape index (κ3) is 2.87. The van der Waals surface area contributed by atoms with Gasteiger partial charge in [-0.05, 0) is 18.6 Å². The summed E-state index contributed by atoms with van der Waals surface area (Å²) in [5.41, 5.74) is 9.09. The fourth-order valence-corrected chi connectivity index (χ4v) is 3.41. The number of nitrogens with two attached hydrogens (primary N) is 1. The van der Waals surface area contributed by atoms with Gasteiger partial charge in [0.25, 0.3) is 0 Å². The highest BCUT2D eigenvalue weighted by Gasteiger charge is 2.22. The Hall–Kier alpha value is -3.10. The minimum atomic E-state index is -0.174. The number of anilines is 3. The van der Waals surface area contributed by atoms with Crippen LogP contribution in [0.4, 0.5) is 16.4 Å². The van der Waals surface area contributed by atoms with Crippen molar-refractivity contribution in [3.05, 3.63) is 76.2 Å². The third-order valence-corrected chi connectivity index (χ3v) is 4.81. The molecule has 0 bridgehead atoms. The third-order valence-electron chi connectivity index (χ3n) is 3.69. The van der Waals surface area contributed by atoms with Crippen molar-refractivity contribution in [3.8, 4) is 6.07 Å². The highest BCUT2D eigenvalue weighted by Crippen LogP contribution is 2.38. The molecule has 0 atom stereocenters. The first kappa shape index (κ1) is 15.8. The number of carbonyl (C=O) groups excluding carboxylic acids is 1. The summed E-state index contributed by atoms with van der Waals surface area (Å²) in [5, 5.41) is 13.2. The van der Waals surface area contributed by atoms with E-state index in [1.54, 1.807) is 24.3 Å². The van der Waals surface area contributed by atoms with Crippen LogP contribution in [0.3, 0.4) is 0 Å². The zero-order valence-electron chi connectivity index (χ0n) is 13.0. The van der Waals surface area contributed by atoms with Gasteiger partial charge < -0.3 is 11.1 Å². The molecule has 0 amide bonds. The first-order valence-electron chi connectivity index (χ1n) is 7.36. The predicted octanol–water partition coefficient (Wildman–Crippen LogP) is 4.49. The molecule has 1 heterocycles. The molecule has 0 fully saturated rings. The van der Waals surface area contributed by atoms with Crippen molar-refractivity contribution in [2.24, 2.45) is 0 Å². The largest absolute Gasteiger partial charge is 0.396 e. The lowest BCUT2D eigenvalue weighted by molar-refractivity contribution is 0.104. The molecule has 3 aromatic rings. The second kappa shape index (κ2) is 6.57. The van der Waals surface area contributed by atoms with Crippen LogP contribution in [0.2, 0.25) is 0 Å². The van der Waals surface area contributed by atoms with E-state index in [9.17, 15) is 10.1 Å². The van der Waals surface area contributed by atoms with Crippen molar-refractivity contribution < 1.29 is 4.79 Å². The number of nitriles is 1. The van der Waals surface area contributed by atoms with Crippen LogP contribution in [0.25, 0.3) is 0 Å². The van der Waals surface area contributed by atoms with E-state index in [0.29, 0.717) is 21.0 Å². The molecule has 3 rings (SSSR count). The summed E-state index contributed by atoms with van der Waals surface area (Å²) >= 11 is 1.21. The number of carbonyl (C=O) groups is 1. The highest BCUT2D eigenvalue weighted by atomic mass is 32.1. The monoisotopic (exact) mass is 333 g/mol. The maximum atomic E-state index is 12.7. The molecular weight excluding hydrogens is 318 g/mol. The average molecular weight is 333 g/mol. The molecule has 0 spiro atoms. The van der Waals surface area contributed by atoms with Crippen LogP contribution in [0.15, 0.2) is 54.6 Å². The Kier molecular flexibility index (Phi) is 4.32. The molecule has 4 nitrogen and oxygen atoms in total. The van der Waals surface area contributed by atoms with Gasteiger partial charge in [-0.3, -0.25) is 4.79 Å². The van der Waals surface area contributed by atoms with Crippen molar-refractivity contribution in [2.45, 2.75) is 6.92 Å². The van der Waals surface area contributed by atoms with Gasteiger partial charge in [-0.25, -0.2) is 0 Å². The van der Waals surface area contributed by atoms with Crippen molar-refractivity contribution in [3.63, 3.8) is 0 Å².